The number of likely N-dealkylation sites (tertiary alicyclic amines) is 1. The number of hydrogen-bond donors (Lipinski definition) is 1. The molecule has 0 aromatic heterocycles. The van der Waals surface area contributed by atoms with E-state index in [1.165, 1.54) is 0 Å². The Morgan fingerprint density at radius 3 is 2.81 bits per heavy atom. The van der Waals surface area contributed by atoms with Crippen LogP contribution in [-0.2, 0) is 4.74 Å². The first-order chi connectivity index (χ1) is 7.42. The van der Waals surface area contributed by atoms with Crippen LogP contribution in [0.4, 0.5) is 4.79 Å². The lowest BCUT2D eigenvalue weighted by Crippen LogP contribution is -2.35. The molecule has 0 spiro atoms. The lowest BCUT2D eigenvalue weighted by Gasteiger charge is -2.24. The van der Waals surface area contributed by atoms with Crippen molar-refractivity contribution in [1.29, 1.82) is 0 Å². The average molecular weight is 224 g/mol. The minimum Gasteiger partial charge on any atom is -0.444 e. The van der Waals surface area contributed by atoms with Crippen LogP contribution in [0.25, 0.3) is 0 Å². The molecule has 1 aliphatic heterocycles. The Morgan fingerprint density at radius 2 is 2.25 bits per heavy atom. The molecule has 4 nitrogen and oxygen atoms in total. The third kappa shape index (κ3) is 4.11. The molecule has 1 rings (SSSR count). The molecular formula is C12H20N2O2. The van der Waals surface area contributed by atoms with Crippen molar-refractivity contribution in [2.45, 2.75) is 32.8 Å². The van der Waals surface area contributed by atoms with Crippen LogP contribution in [0.15, 0.2) is 0 Å². The van der Waals surface area contributed by atoms with E-state index in [1.54, 1.807) is 4.90 Å². The Balaban J connectivity index is 2.44. The molecule has 0 saturated carbocycles. The monoisotopic (exact) mass is 224 g/mol. The number of hydrogen-bond acceptors (Lipinski definition) is 3. The Labute approximate surface area is 97.1 Å². The van der Waals surface area contributed by atoms with E-state index in [0.29, 0.717) is 13.1 Å². The zero-order valence-electron chi connectivity index (χ0n) is 10.2. The highest BCUT2D eigenvalue weighted by Crippen LogP contribution is 2.18. The van der Waals surface area contributed by atoms with Gasteiger partial charge in [-0.3, -0.25) is 0 Å². The molecule has 1 unspecified atom stereocenters. The highest BCUT2D eigenvalue weighted by atomic mass is 16.6. The van der Waals surface area contributed by atoms with Gasteiger partial charge in [0.15, 0.2) is 0 Å². The molecule has 1 saturated heterocycles. The maximum absolute atomic E-state index is 11.7. The van der Waals surface area contributed by atoms with Crippen molar-refractivity contribution in [3.8, 4) is 11.8 Å². The van der Waals surface area contributed by atoms with Crippen LogP contribution in [0, 0.1) is 17.8 Å². The number of nitrogens with zero attached hydrogens (tertiary/aromatic N) is 1. The summed E-state index contributed by atoms with van der Waals surface area (Å²) in [5.41, 5.74) is 4.87. The smallest absolute Gasteiger partial charge is 0.410 e. The summed E-state index contributed by atoms with van der Waals surface area (Å²) in [4.78, 5) is 13.4. The second kappa shape index (κ2) is 5.22. The molecule has 1 fully saturated rings. The number of carbonyl (C=O) groups is 1. The number of carbonyl (C=O) groups excluding carboxylic acids is 1. The molecule has 16 heavy (non-hydrogen) atoms. The van der Waals surface area contributed by atoms with Gasteiger partial charge in [-0.1, -0.05) is 11.8 Å². The molecule has 0 aromatic carbocycles. The van der Waals surface area contributed by atoms with E-state index in [2.05, 4.69) is 11.8 Å². The number of rotatable bonds is 0. The van der Waals surface area contributed by atoms with Crippen LogP contribution in [0.3, 0.4) is 0 Å². The summed E-state index contributed by atoms with van der Waals surface area (Å²) in [6.45, 7) is 7.36. The summed E-state index contributed by atoms with van der Waals surface area (Å²) >= 11 is 0. The molecule has 0 aliphatic carbocycles. The fraction of sp³-hybridized carbons (Fsp3) is 0.750. The van der Waals surface area contributed by atoms with Gasteiger partial charge in [0, 0.05) is 19.0 Å². The summed E-state index contributed by atoms with van der Waals surface area (Å²) in [7, 11) is 0. The van der Waals surface area contributed by atoms with E-state index in [4.69, 9.17) is 10.5 Å². The Bertz CT molecular complexity index is 309. The van der Waals surface area contributed by atoms with Crippen molar-refractivity contribution >= 4 is 6.09 Å². The lowest BCUT2D eigenvalue weighted by molar-refractivity contribution is 0.0291. The Morgan fingerprint density at radius 1 is 1.56 bits per heavy atom. The van der Waals surface area contributed by atoms with Crippen LogP contribution in [0.1, 0.15) is 27.2 Å². The van der Waals surface area contributed by atoms with Gasteiger partial charge in [-0.05, 0) is 27.2 Å². The SMILES string of the molecule is CC(C)(C)OC(=O)N1CCC(C#CCN)C1. The Kier molecular flexibility index (Phi) is 4.19. The Hall–Kier alpha value is -1.21. The van der Waals surface area contributed by atoms with Crippen molar-refractivity contribution in [2.75, 3.05) is 19.6 Å². The first-order valence-corrected chi connectivity index (χ1v) is 5.59. The number of nitrogens with two attached hydrogens (primary N) is 1. The molecule has 0 radical (unpaired) electrons. The summed E-state index contributed by atoms with van der Waals surface area (Å²) in [6, 6.07) is 0. The molecule has 1 atom stereocenters. The molecular weight excluding hydrogens is 204 g/mol. The fourth-order valence-corrected chi connectivity index (χ4v) is 1.57. The molecule has 0 bridgehead atoms. The first kappa shape index (κ1) is 12.9. The average Bonchev–Trinajstić information content (AvgIpc) is 2.60. The maximum atomic E-state index is 11.7. The summed E-state index contributed by atoms with van der Waals surface area (Å²) in [6.07, 6.45) is 0.663. The number of amides is 1. The highest BCUT2D eigenvalue weighted by molar-refractivity contribution is 5.68. The van der Waals surface area contributed by atoms with Gasteiger partial charge in [0.05, 0.1) is 6.54 Å². The van der Waals surface area contributed by atoms with E-state index in [9.17, 15) is 4.79 Å². The molecule has 1 heterocycles. The van der Waals surface area contributed by atoms with Crippen molar-refractivity contribution in [2.24, 2.45) is 11.7 Å². The van der Waals surface area contributed by atoms with Crippen LogP contribution < -0.4 is 5.73 Å². The normalized spacial score (nSPS) is 20.2. The van der Waals surface area contributed by atoms with Gasteiger partial charge in [-0.2, -0.15) is 0 Å². The molecule has 1 aliphatic rings. The molecule has 2 N–H and O–H groups in total. The van der Waals surface area contributed by atoms with Crippen LogP contribution >= 0.6 is 0 Å². The fourth-order valence-electron chi connectivity index (χ4n) is 1.57. The van der Waals surface area contributed by atoms with Crippen molar-refractivity contribution in [3.63, 3.8) is 0 Å². The minimum absolute atomic E-state index is 0.246. The summed E-state index contributed by atoms with van der Waals surface area (Å²) in [5, 5.41) is 0. The zero-order chi connectivity index (χ0) is 12.2. The van der Waals surface area contributed by atoms with Crippen LogP contribution in [0.5, 0.6) is 0 Å². The maximum Gasteiger partial charge on any atom is 0.410 e. The third-order valence-electron chi connectivity index (χ3n) is 2.25. The van der Waals surface area contributed by atoms with Crippen LogP contribution in [0.2, 0.25) is 0 Å². The van der Waals surface area contributed by atoms with Gasteiger partial charge in [0.25, 0.3) is 0 Å². The van der Waals surface area contributed by atoms with E-state index < -0.39 is 5.60 Å². The van der Waals surface area contributed by atoms with Gasteiger partial charge >= 0.3 is 6.09 Å². The minimum atomic E-state index is -0.432. The molecule has 0 aromatic rings. The van der Waals surface area contributed by atoms with Crippen LogP contribution in [-0.4, -0.2) is 36.2 Å². The largest absolute Gasteiger partial charge is 0.444 e. The second-order valence-electron chi connectivity index (χ2n) is 4.94. The second-order valence-corrected chi connectivity index (χ2v) is 4.94. The topological polar surface area (TPSA) is 55.6 Å². The van der Waals surface area contributed by atoms with E-state index >= 15 is 0 Å². The molecule has 4 heteroatoms. The van der Waals surface area contributed by atoms with E-state index in [-0.39, 0.29) is 12.0 Å². The molecule has 1 amide bonds. The van der Waals surface area contributed by atoms with E-state index in [1.807, 2.05) is 20.8 Å². The summed E-state index contributed by atoms with van der Waals surface area (Å²) < 4.78 is 5.29. The molecule has 90 valence electrons. The first-order valence-electron chi connectivity index (χ1n) is 5.59. The standard InChI is InChI=1S/C12H20N2O2/c1-12(2,3)16-11(15)14-8-6-10(9-14)5-4-7-13/h10H,6-9,13H2,1-3H3. The third-order valence-corrected chi connectivity index (χ3v) is 2.25. The predicted molar refractivity (Wildman–Crippen MR) is 62.7 cm³/mol. The van der Waals surface area contributed by atoms with Gasteiger partial charge in [0.1, 0.15) is 5.60 Å². The van der Waals surface area contributed by atoms with Crippen molar-refractivity contribution in [3.05, 3.63) is 0 Å². The lowest BCUT2D eigenvalue weighted by atomic mass is 10.1. The van der Waals surface area contributed by atoms with Gasteiger partial charge < -0.3 is 15.4 Å². The number of ether oxygens (including phenoxy) is 1. The summed E-state index contributed by atoms with van der Waals surface area (Å²) in [5.74, 6) is 6.15. The van der Waals surface area contributed by atoms with E-state index in [0.717, 1.165) is 13.0 Å². The highest BCUT2D eigenvalue weighted by Gasteiger charge is 2.28. The van der Waals surface area contributed by atoms with Crippen molar-refractivity contribution in [1.82, 2.24) is 4.90 Å². The van der Waals surface area contributed by atoms with Crippen molar-refractivity contribution < 1.29 is 9.53 Å². The quantitative estimate of drug-likeness (QED) is 0.629. The van der Waals surface area contributed by atoms with Gasteiger partial charge in [-0.15, -0.1) is 0 Å². The predicted octanol–water partition coefficient (Wildman–Crippen LogP) is 1.21. The van der Waals surface area contributed by atoms with Gasteiger partial charge in [-0.25, -0.2) is 4.79 Å². The van der Waals surface area contributed by atoms with Gasteiger partial charge in [0.2, 0.25) is 0 Å². The zero-order valence-corrected chi connectivity index (χ0v) is 10.2.